The summed E-state index contributed by atoms with van der Waals surface area (Å²) in [5.41, 5.74) is 7.11. The van der Waals surface area contributed by atoms with Crippen molar-refractivity contribution >= 4 is 11.8 Å². The zero-order chi connectivity index (χ0) is 15.4. The van der Waals surface area contributed by atoms with Crippen molar-refractivity contribution in [2.75, 3.05) is 7.11 Å². The molecular formula is C16H17F2NOS. The lowest BCUT2D eigenvalue weighted by Crippen LogP contribution is -2.21. The molecule has 0 saturated heterocycles. The maximum absolute atomic E-state index is 13.6. The summed E-state index contributed by atoms with van der Waals surface area (Å²) in [7, 11) is 1.60. The van der Waals surface area contributed by atoms with Gasteiger partial charge in [-0.1, -0.05) is 19.1 Å². The lowest BCUT2D eigenvalue weighted by molar-refractivity contribution is 0.414. The Morgan fingerprint density at radius 3 is 2.38 bits per heavy atom. The Bertz CT molecular complexity index is 604. The topological polar surface area (TPSA) is 35.2 Å². The Labute approximate surface area is 127 Å². The SMILES string of the molecule is COc1ccc(C(N)C(C)Sc2cc(F)ccc2F)cc1. The van der Waals surface area contributed by atoms with Crippen LogP contribution in [0.1, 0.15) is 18.5 Å². The molecule has 2 aromatic rings. The minimum absolute atomic E-state index is 0.102. The highest BCUT2D eigenvalue weighted by molar-refractivity contribution is 8.00. The van der Waals surface area contributed by atoms with Crippen molar-refractivity contribution in [3.63, 3.8) is 0 Å². The summed E-state index contributed by atoms with van der Waals surface area (Å²) in [6.45, 7) is 1.89. The summed E-state index contributed by atoms with van der Waals surface area (Å²) in [5, 5.41) is -0.102. The van der Waals surface area contributed by atoms with E-state index in [4.69, 9.17) is 10.5 Å². The third-order valence-electron chi connectivity index (χ3n) is 3.21. The molecular weight excluding hydrogens is 292 g/mol. The Kier molecular flexibility index (Phi) is 5.20. The van der Waals surface area contributed by atoms with E-state index in [-0.39, 0.29) is 16.2 Å². The molecule has 2 rings (SSSR count). The highest BCUT2D eigenvalue weighted by Gasteiger charge is 2.18. The monoisotopic (exact) mass is 309 g/mol. The van der Waals surface area contributed by atoms with Gasteiger partial charge in [0.15, 0.2) is 0 Å². The molecule has 0 aliphatic carbocycles. The van der Waals surface area contributed by atoms with Gasteiger partial charge < -0.3 is 10.5 Å². The van der Waals surface area contributed by atoms with E-state index >= 15 is 0 Å². The van der Waals surface area contributed by atoms with Crippen molar-refractivity contribution in [3.8, 4) is 5.75 Å². The number of thioether (sulfide) groups is 1. The van der Waals surface area contributed by atoms with Crippen LogP contribution in [0.4, 0.5) is 8.78 Å². The third-order valence-corrected chi connectivity index (χ3v) is 4.44. The van der Waals surface area contributed by atoms with Crippen LogP contribution in [0.3, 0.4) is 0 Å². The first-order valence-electron chi connectivity index (χ1n) is 6.52. The van der Waals surface area contributed by atoms with Crippen LogP contribution < -0.4 is 10.5 Å². The second kappa shape index (κ2) is 6.91. The fourth-order valence-corrected chi connectivity index (χ4v) is 3.00. The van der Waals surface area contributed by atoms with Gasteiger partial charge in [0.05, 0.1) is 7.11 Å². The van der Waals surface area contributed by atoms with Gasteiger partial charge >= 0.3 is 0 Å². The number of benzene rings is 2. The standard InChI is InChI=1S/C16H17F2NOS/c1-10(21-15-9-12(17)5-8-14(15)18)16(19)11-3-6-13(20-2)7-4-11/h3-10,16H,19H2,1-2H3. The molecule has 0 amide bonds. The maximum Gasteiger partial charge on any atom is 0.136 e. The van der Waals surface area contributed by atoms with Gasteiger partial charge in [0.1, 0.15) is 17.4 Å². The highest BCUT2D eigenvalue weighted by Crippen LogP contribution is 2.33. The molecule has 112 valence electrons. The van der Waals surface area contributed by atoms with Gasteiger partial charge in [-0.25, -0.2) is 8.78 Å². The molecule has 0 fully saturated rings. The predicted molar refractivity (Wildman–Crippen MR) is 81.6 cm³/mol. The average molecular weight is 309 g/mol. The number of hydrogen-bond donors (Lipinski definition) is 1. The summed E-state index contributed by atoms with van der Waals surface area (Å²) < 4.78 is 31.9. The van der Waals surface area contributed by atoms with E-state index in [1.165, 1.54) is 17.8 Å². The van der Waals surface area contributed by atoms with Crippen LogP contribution in [-0.4, -0.2) is 12.4 Å². The van der Waals surface area contributed by atoms with Crippen LogP contribution in [0.15, 0.2) is 47.4 Å². The molecule has 2 aromatic carbocycles. The first-order valence-corrected chi connectivity index (χ1v) is 7.40. The molecule has 0 heterocycles. The minimum Gasteiger partial charge on any atom is -0.497 e. The van der Waals surface area contributed by atoms with Gasteiger partial charge in [0, 0.05) is 16.2 Å². The lowest BCUT2D eigenvalue weighted by Gasteiger charge is -2.20. The van der Waals surface area contributed by atoms with E-state index in [1.54, 1.807) is 7.11 Å². The normalized spacial score (nSPS) is 13.8. The molecule has 2 N–H and O–H groups in total. The number of methoxy groups -OCH3 is 1. The van der Waals surface area contributed by atoms with E-state index in [1.807, 2.05) is 31.2 Å². The lowest BCUT2D eigenvalue weighted by atomic mass is 10.1. The van der Waals surface area contributed by atoms with Crippen LogP contribution in [0.5, 0.6) is 5.75 Å². The molecule has 0 saturated carbocycles. The Morgan fingerprint density at radius 1 is 1.10 bits per heavy atom. The van der Waals surface area contributed by atoms with E-state index in [0.717, 1.165) is 23.4 Å². The number of hydrogen-bond acceptors (Lipinski definition) is 3. The van der Waals surface area contributed by atoms with Crippen molar-refractivity contribution in [2.45, 2.75) is 23.1 Å². The fraction of sp³-hybridized carbons (Fsp3) is 0.250. The van der Waals surface area contributed by atoms with Crippen molar-refractivity contribution in [3.05, 3.63) is 59.7 Å². The van der Waals surface area contributed by atoms with Gasteiger partial charge in [-0.2, -0.15) is 0 Å². The van der Waals surface area contributed by atoms with Gasteiger partial charge in [-0.05, 0) is 35.9 Å². The Balaban J connectivity index is 2.11. The molecule has 2 atom stereocenters. The predicted octanol–water partition coefficient (Wildman–Crippen LogP) is 4.15. The van der Waals surface area contributed by atoms with Crippen molar-refractivity contribution in [1.29, 1.82) is 0 Å². The zero-order valence-corrected chi connectivity index (χ0v) is 12.7. The minimum atomic E-state index is -0.455. The summed E-state index contributed by atoms with van der Waals surface area (Å²) in [6.07, 6.45) is 0. The Hall–Kier alpha value is -1.59. The molecule has 0 bridgehead atoms. The van der Waals surface area contributed by atoms with E-state index in [2.05, 4.69) is 0 Å². The number of halogens is 2. The van der Waals surface area contributed by atoms with Crippen LogP contribution >= 0.6 is 11.8 Å². The summed E-state index contributed by atoms with van der Waals surface area (Å²) in [5.74, 6) is -0.137. The molecule has 0 spiro atoms. The third kappa shape index (κ3) is 3.95. The molecule has 2 unspecified atom stereocenters. The van der Waals surface area contributed by atoms with Gasteiger partial charge in [0.25, 0.3) is 0 Å². The molecule has 0 radical (unpaired) electrons. The molecule has 5 heteroatoms. The van der Waals surface area contributed by atoms with Crippen LogP contribution in [-0.2, 0) is 0 Å². The van der Waals surface area contributed by atoms with Crippen LogP contribution in [0.25, 0.3) is 0 Å². The summed E-state index contributed by atoms with van der Waals surface area (Å²) >= 11 is 1.23. The first kappa shape index (κ1) is 15.8. The number of rotatable bonds is 5. The van der Waals surface area contributed by atoms with Crippen molar-refractivity contribution < 1.29 is 13.5 Å². The van der Waals surface area contributed by atoms with Crippen LogP contribution in [0.2, 0.25) is 0 Å². The second-order valence-electron chi connectivity index (χ2n) is 4.70. The second-order valence-corrected chi connectivity index (χ2v) is 6.12. The smallest absolute Gasteiger partial charge is 0.136 e. The van der Waals surface area contributed by atoms with Gasteiger partial charge in [-0.3, -0.25) is 0 Å². The molecule has 21 heavy (non-hydrogen) atoms. The largest absolute Gasteiger partial charge is 0.497 e. The number of ether oxygens (including phenoxy) is 1. The van der Waals surface area contributed by atoms with Crippen LogP contribution in [0, 0.1) is 11.6 Å². The average Bonchev–Trinajstić information content (AvgIpc) is 2.50. The fourth-order valence-electron chi connectivity index (χ4n) is 1.94. The van der Waals surface area contributed by atoms with E-state index in [9.17, 15) is 8.78 Å². The van der Waals surface area contributed by atoms with E-state index < -0.39 is 11.6 Å². The Morgan fingerprint density at radius 2 is 1.76 bits per heavy atom. The van der Waals surface area contributed by atoms with Crippen molar-refractivity contribution in [1.82, 2.24) is 0 Å². The summed E-state index contributed by atoms with van der Waals surface area (Å²) in [4.78, 5) is 0.270. The van der Waals surface area contributed by atoms with E-state index in [0.29, 0.717) is 0 Å². The van der Waals surface area contributed by atoms with Gasteiger partial charge in [-0.15, -0.1) is 11.8 Å². The quantitative estimate of drug-likeness (QED) is 0.843. The first-order chi connectivity index (χ1) is 10.0. The van der Waals surface area contributed by atoms with Gasteiger partial charge in [0.2, 0.25) is 0 Å². The molecule has 0 aromatic heterocycles. The molecule has 2 nitrogen and oxygen atoms in total. The highest BCUT2D eigenvalue weighted by atomic mass is 32.2. The maximum atomic E-state index is 13.6. The molecule has 0 aliphatic rings. The molecule has 0 aliphatic heterocycles. The number of nitrogens with two attached hydrogens (primary N) is 1. The van der Waals surface area contributed by atoms with Crippen molar-refractivity contribution in [2.24, 2.45) is 5.73 Å². The summed E-state index contributed by atoms with van der Waals surface area (Å²) in [6, 6.07) is 10.5. The zero-order valence-electron chi connectivity index (χ0n) is 11.8.